The molecule has 4 nitrogen and oxygen atoms in total. The number of hydrogen-bond acceptors (Lipinski definition) is 4. The molecule has 1 aliphatic heterocycles. The highest BCUT2D eigenvalue weighted by Crippen LogP contribution is 2.38. The fraction of sp³-hybridized carbons (Fsp3) is 0.296. The maximum Gasteiger partial charge on any atom is 0.339 e. The fourth-order valence-corrected chi connectivity index (χ4v) is 4.28. The SMILES string of the molecule is CCN(CC)c1ccc2c(c1)C(=O)OC2c1ccc(N(CC)c2ccc(C)cc2)cc1. The van der Waals surface area contributed by atoms with Crippen LogP contribution >= 0.6 is 0 Å². The first-order valence-corrected chi connectivity index (χ1v) is 11.1. The van der Waals surface area contributed by atoms with Crippen molar-refractivity contribution in [2.45, 2.75) is 33.8 Å². The number of hydrogen-bond donors (Lipinski definition) is 0. The maximum absolute atomic E-state index is 12.6. The summed E-state index contributed by atoms with van der Waals surface area (Å²) in [6.07, 6.45) is -0.350. The molecular formula is C27H30N2O2. The molecule has 4 heteroatoms. The molecule has 0 amide bonds. The third-order valence-electron chi connectivity index (χ3n) is 6.06. The van der Waals surface area contributed by atoms with E-state index in [1.54, 1.807) is 0 Å². The smallest absolute Gasteiger partial charge is 0.339 e. The Kier molecular flexibility index (Phi) is 5.99. The Labute approximate surface area is 185 Å². The van der Waals surface area contributed by atoms with Crippen LogP contribution in [0.1, 0.15) is 53.9 Å². The van der Waals surface area contributed by atoms with Crippen molar-refractivity contribution in [2.24, 2.45) is 0 Å². The van der Waals surface area contributed by atoms with Gasteiger partial charge in [-0.05, 0) is 69.7 Å². The molecule has 0 saturated carbocycles. The Hall–Kier alpha value is -3.27. The quantitative estimate of drug-likeness (QED) is 0.427. The molecule has 0 fully saturated rings. The number of cyclic esters (lactones) is 1. The third-order valence-corrected chi connectivity index (χ3v) is 6.06. The van der Waals surface area contributed by atoms with E-state index in [9.17, 15) is 4.79 Å². The largest absolute Gasteiger partial charge is 0.449 e. The van der Waals surface area contributed by atoms with E-state index in [-0.39, 0.29) is 12.1 Å². The summed E-state index contributed by atoms with van der Waals surface area (Å²) >= 11 is 0. The molecular weight excluding hydrogens is 384 g/mol. The van der Waals surface area contributed by atoms with Gasteiger partial charge in [-0.3, -0.25) is 0 Å². The van der Waals surface area contributed by atoms with Crippen LogP contribution in [0.15, 0.2) is 66.7 Å². The van der Waals surface area contributed by atoms with Crippen LogP contribution in [0.25, 0.3) is 0 Å². The highest BCUT2D eigenvalue weighted by Gasteiger charge is 2.32. The number of anilines is 3. The van der Waals surface area contributed by atoms with Gasteiger partial charge in [-0.1, -0.05) is 35.9 Å². The first kappa shape index (κ1) is 21.0. The summed E-state index contributed by atoms with van der Waals surface area (Å²) in [5, 5.41) is 0. The summed E-state index contributed by atoms with van der Waals surface area (Å²) < 4.78 is 5.77. The van der Waals surface area contributed by atoms with Crippen LogP contribution in [0.3, 0.4) is 0 Å². The van der Waals surface area contributed by atoms with Crippen LogP contribution in [0.2, 0.25) is 0 Å². The average Bonchev–Trinajstić information content (AvgIpc) is 3.13. The van der Waals surface area contributed by atoms with Gasteiger partial charge in [-0.2, -0.15) is 0 Å². The van der Waals surface area contributed by atoms with Crippen molar-refractivity contribution in [3.8, 4) is 0 Å². The first-order chi connectivity index (χ1) is 15.0. The zero-order chi connectivity index (χ0) is 22.0. The number of benzene rings is 3. The first-order valence-electron chi connectivity index (χ1n) is 11.1. The van der Waals surface area contributed by atoms with Crippen molar-refractivity contribution in [2.75, 3.05) is 29.4 Å². The lowest BCUT2D eigenvalue weighted by atomic mass is 9.98. The molecule has 0 spiro atoms. The van der Waals surface area contributed by atoms with Crippen LogP contribution in [0, 0.1) is 6.92 Å². The Bertz CT molecular complexity index is 1050. The van der Waals surface area contributed by atoms with Crippen LogP contribution in [-0.2, 0) is 4.74 Å². The number of esters is 1. The van der Waals surface area contributed by atoms with Crippen molar-refractivity contribution in [1.29, 1.82) is 0 Å². The van der Waals surface area contributed by atoms with Crippen molar-refractivity contribution in [1.82, 2.24) is 0 Å². The summed E-state index contributed by atoms with van der Waals surface area (Å²) in [5.41, 5.74) is 7.22. The predicted octanol–water partition coefficient (Wildman–Crippen LogP) is 6.26. The van der Waals surface area contributed by atoms with E-state index in [0.717, 1.165) is 42.1 Å². The van der Waals surface area contributed by atoms with Crippen molar-refractivity contribution in [3.05, 3.63) is 89.0 Å². The minimum atomic E-state index is -0.350. The number of nitrogens with zero attached hydrogens (tertiary/aromatic N) is 2. The Balaban J connectivity index is 1.60. The molecule has 3 aromatic carbocycles. The van der Waals surface area contributed by atoms with Crippen LogP contribution in [0.4, 0.5) is 17.1 Å². The fourth-order valence-electron chi connectivity index (χ4n) is 4.28. The van der Waals surface area contributed by atoms with Crippen LogP contribution < -0.4 is 9.80 Å². The van der Waals surface area contributed by atoms with Crippen LogP contribution in [0.5, 0.6) is 0 Å². The molecule has 0 saturated heterocycles. The van der Waals surface area contributed by atoms with Gasteiger partial charge in [0.05, 0.1) is 5.56 Å². The van der Waals surface area contributed by atoms with E-state index in [1.165, 1.54) is 11.3 Å². The lowest BCUT2D eigenvalue weighted by Gasteiger charge is -2.24. The molecule has 160 valence electrons. The van der Waals surface area contributed by atoms with Gasteiger partial charge < -0.3 is 14.5 Å². The van der Waals surface area contributed by atoms with Crippen molar-refractivity contribution >= 4 is 23.0 Å². The van der Waals surface area contributed by atoms with Gasteiger partial charge in [0.25, 0.3) is 0 Å². The maximum atomic E-state index is 12.6. The monoisotopic (exact) mass is 414 g/mol. The van der Waals surface area contributed by atoms with Gasteiger partial charge in [0.2, 0.25) is 0 Å². The van der Waals surface area contributed by atoms with E-state index in [2.05, 4.69) is 92.1 Å². The minimum absolute atomic E-state index is 0.243. The van der Waals surface area contributed by atoms with Gasteiger partial charge >= 0.3 is 5.97 Å². The molecule has 0 bridgehead atoms. The highest BCUT2D eigenvalue weighted by molar-refractivity contribution is 5.95. The molecule has 31 heavy (non-hydrogen) atoms. The van der Waals surface area contributed by atoms with Gasteiger partial charge in [0.1, 0.15) is 0 Å². The Morgan fingerprint density at radius 3 is 1.94 bits per heavy atom. The molecule has 1 heterocycles. The summed E-state index contributed by atoms with van der Waals surface area (Å²) in [4.78, 5) is 17.1. The number of fused-ring (bicyclic) bond motifs is 1. The molecule has 1 aliphatic rings. The molecule has 1 unspecified atom stereocenters. The second kappa shape index (κ2) is 8.84. The molecule has 1 atom stereocenters. The summed E-state index contributed by atoms with van der Waals surface area (Å²) in [6.45, 7) is 11.2. The van der Waals surface area contributed by atoms with E-state index in [0.29, 0.717) is 5.56 Å². The number of rotatable bonds is 7. The average molecular weight is 415 g/mol. The van der Waals surface area contributed by atoms with Gasteiger partial charge in [-0.25, -0.2) is 4.79 Å². The lowest BCUT2D eigenvalue weighted by molar-refractivity contribution is 0.0456. The number of ether oxygens (including phenoxy) is 1. The molecule has 0 aromatic heterocycles. The molecule has 0 aliphatic carbocycles. The molecule has 4 rings (SSSR count). The normalized spacial score (nSPS) is 14.8. The van der Waals surface area contributed by atoms with Gasteiger partial charge in [0, 0.05) is 42.3 Å². The zero-order valence-corrected chi connectivity index (χ0v) is 18.8. The van der Waals surface area contributed by atoms with E-state index >= 15 is 0 Å². The summed E-state index contributed by atoms with van der Waals surface area (Å²) in [7, 11) is 0. The van der Waals surface area contributed by atoms with Crippen molar-refractivity contribution in [3.63, 3.8) is 0 Å². The van der Waals surface area contributed by atoms with Crippen LogP contribution in [-0.4, -0.2) is 25.6 Å². The highest BCUT2D eigenvalue weighted by atomic mass is 16.5. The standard InChI is InChI=1S/C27H30N2O2/c1-5-28(6-2)23-16-17-24-25(18-23)27(30)31-26(24)20-10-14-22(15-11-20)29(7-3)21-12-8-19(4)9-13-21/h8-18,26H,5-7H2,1-4H3. The number of carbonyl (C=O) groups excluding carboxylic acids is 1. The molecule has 0 radical (unpaired) electrons. The zero-order valence-electron chi connectivity index (χ0n) is 18.8. The topological polar surface area (TPSA) is 32.8 Å². The predicted molar refractivity (Wildman–Crippen MR) is 128 cm³/mol. The van der Waals surface area contributed by atoms with E-state index in [1.807, 2.05) is 12.1 Å². The second-order valence-corrected chi connectivity index (χ2v) is 7.90. The number of aryl methyl sites for hydroxylation is 1. The number of carbonyl (C=O) groups is 1. The molecule has 0 N–H and O–H groups in total. The summed E-state index contributed by atoms with van der Waals surface area (Å²) in [6, 6.07) is 23.0. The Morgan fingerprint density at radius 2 is 1.35 bits per heavy atom. The van der Waals surface area contributed by atoms with E-state index < -0.39 is 0 Å². The van der Waals surface area contributed by atoms with Gasteiger partial charge in [0.15, 0.2) is 6.10 Å². The second-order valence-electron chi connectivity index (χ2n) is 7.90. The lowest BCUT2D eigenvalue weighted by Crippen LogP contribution is -2.22. The Morgan fingerprint density at radius 1 is 0.774 bits per heavy atom. The van der Waals surface area contributed by atoms with Crippen molar-refractivity contribution < 1.29 is 9.53 Å². The van der Waals surface area contributed by atoms with Gasteiger partial charge in [-0.15, -0.1) is 0 Å². The van der Waals surface area contributed by atoms with E-state index in [4.69, 9.17) is 4.74 Å². The minimum Gasteiger partial charge on any atom is -0.449 e. The summed E-state index contributed by atoms with van der Waals surface area (Å²) in [5.74, 6) is -0.243. The molecule has 3 aromatic rings. The third kappa shape index (κ3) is 4.02.